The van der Waals surface area contributed by atoms with E-state index in [1.54, 1.807) is 0 Å². The summed E-state index contributed by atoms with van der Waals surface area (Å²) < 4.78 is 43.4. The molecule has 0 atom stereocenters. The molecule has 0 aliphatic carbocycles. The van der Waals surface area contributed by atoms with Crippen LogP contribution in [0.25, 0.3) is 0 Å². The first-order valence-electron chi connectivity index (χ1n) is 7.01. The van der Waals surface area contributed by atoms with E-state index in [4.69, 9.17) is 16.2 Å². The van der Waals surface area contributed by atoms with Gasteiger partial charge in [0.1, 0.15) is 5.82 Å². The van der Waals surface area contributed by atoms with Gasteiger partial charge in [0, 0.05) is 11.1 Å². The van der Waals surface area contributed by atoms with Crippen LogP contribution in [-0.4, -0.2) is 27.6 Å². The molecule has 136 valence electrons. The van der Waals surface area contributed by atoms with Crippen molar-refractivity contribution >= 4 is 35.3 Å². The van der Waals surface area contributed by atoms with E-state index in [9.17, 15) is 13.2 Å². The number of halogens is 3. The molecule has 0 spiro atoms. The Morgan fingerprint density at radius 2 is 1.80 bits per heavy atom. The second-order valence-corrected chi connectivity index (χ2v) is 7.35. The van der Waals surface area contributed by atoms with Crippen LogP contribution in [0.15, 0.2) is 26.9 Å². The van der Waals surface area contributed by atoms with Gasteiger partial charge in [-0.2, -0.15) is 18.2 Å². The van der Waals surface area contributed by atoms with Crippen molar-refractivity contribution in [1.29, 1.82) is 0 Å². The van der Waals surface area contributed by atoms with Crippen LogP contribution in [0.3, 0.4) is 0 Å². The van der Waals surface area contributed by atoms with Gasteiger partial charge in [0.25, 0.3) is 0 Å². The summed E-state index contributed by atoms with van der Waals surface area (Å²) in [6.45, 7) is 3.76. The largest absolute Gasteiger partial charge is 0.480 e. The number of nitrogens with zero attached hydrogens (tertiary/aromatic N) is 3. The Morgan fingerprint density at radius 1 is 1.12 bits per heavy atom. The van der Waals surface area contributed by atoms with Gasteiger partial charge in [-0.15, -0.1) is 0 Å². The third-order valence-electron chi connectivity index (χ3n) is 2.93. The summed E-state index contributed by atoms with van der Waals surface area (Å²) in [5, 5.41) is 0. The highest BCUT2D eigenvalue weighted by molar-refractivity contribution is 8.00. The monoisotopic (exact) mass is 391 g/mol. The van der Waals surface area contributed by atoms with Gasteiger partial charge in [0.05, 0.1) is 22.6 Å². The van der Waals surface area contributed by atoms with E-state index in [1.165, 1.54) is 19.4 Å². The lowest BCUT2D eigenvalue weighted by Gasteiger charge is -2.17. The number of nitrogens with two attached hydrogens (primary N) is 2. The van der Waals surface area contributed by atoms with Gasteiger partial charge in [0.15, 0.2) is 0 Å². The molecule has 0 fully saturated rings. The number of pyridine rings is 1. The molecule has 0 saturated carbocycles. The van der Waals surface area contributed by atoms with E-state index < -0.39 is 5.51 Å². The van der Waals surface area contributed by atoms with E-state index in [2.05, 4.69) is 15.0 Å². The normalized spacial score (nSPS) is 11.8. The van der Waals surface area contributed by atoms with Crippen LogP contribution < -0.4 is 16.2 Å². The van der Waals surface area contributed by atoms with E-state index in [0.29, 0.717) is 15.5 Å². The zero-order chi connectivity index (χ0) is 18.8. The predicted octanol–water partition coefficient (Wildman–Crippen LogP) is 3.93. The third-order valence-corrected chi connectivity index (χ3v) is 4.76. The summed E-state index contributed by atoms with van der Waals surface area (Å²) in [5.74, 6) is 0.0503. The number of thioether (sulfide) groups is 1. The zero-order valence-corrected chi connectivity index (χ0v) is 15.2. The number of rotatable bonds is 5. The van der Waals surface area contributed by atoms with Gasteiger partial charge in [-0.25, -0.2) is 9.97 Å². The second-order valence-electron chi connectivity index (χ2n) is 5.16. The summed E-state index contributed by atoms with van der Waals surface area (Å²) in [4.78, 5) is 12.8. The molecular formula is C14H16F3N5OS2. The van der Waals surface area contributed by atoms with Crippen molar-refractivity contribution in [1.82, 2.24) is 15.0 Å². The Balaban J connectivity index is 2.51. The van der Waals surface area contributed by atoms with Crippen LogP contribution in [0.5, 0.6) is 5.88 Å². The van der Waals surface area contributed by atoms with E-state index in [-0.39, 0.29) is 40.2 Å². The standard InChI is InChI=1S/C14H16F3N5OS2/c1-6(2)10-7(24-9-5-20-13(19)22-11(9)18)4-8(12(21-10)23-3)25-14(15,16)17/h4-6H,1-3H3,(H4,18,19,20,22). The fraction of sp³-hybridized carbons (Fsp3) is 0.357. The topological polar surface area (TPSA) is 99.9 Å². The number of hydrogen-bond donors (Lipinski definition) is 2. The second kappa shape index (κ2) is 7.56. The van der Waals surface area contributed by atoms with Gasteiger partial charge in [-0.1, -0.05) is 25.6 Å². The van der Waals surface area contributed by atoms with Crippen molar-refractivity contribution in [2.45, 2.75) is 40.0 Å². The molecule has 2 aromatic heterocycles. The van der Waals surface area contributed by atoms with Crippen LogP contribution in [0.1, 0.15) is 25.5 Å². The molecule has 0 aliphatic rings. The molecule has 11 heteroatoms. The molecule has 0 aliphatic heterocycles. The summed E-state index contributed by atoms with van der Waals surface area (Å²) in [7, 11) is 1.28. The predicted molar refractivity (Wildman–Crippen MR) is 91.8 cm³/mol. The van der Waals surface area contributed by atoms with Crippen molar-refractivity contribution in [2.75, 3.05) is 18.6 Å². The number of hydrogen-bond acceptors (Lipinski definition) is 8. The number of ether oxygens (including phenoxy) is 1. The van der Waals surface area contributed by atoms with Gasteiger partial charge in [-0.05, 0) is 23.7 Å². The fourth-order valence-electron chi connectivity index (χ4n) is 1.91. The lowest BCUT2D eigenvalue weighted by Crippen LogP contribution is -2.05. The molecule has 2 heterocycles. The molecule has 0 aromatic carbocycles. The van der Waals surface area contributed by atoms with Crippen molar-refractivity contribution in [3.8, 4) is 5.88 Å². The minimum absolute atomic E-state index is 0.0205. The summed E-state index contributed by atoms with van der Waals surface area (Å²) in [6.07, 6.45) is 1.42. The highest BCUT2D eigenvalue weighted by atomic mass is 32.2. The average molecular weight is 391 g/mol. The fourth-order valence-corrected chi connectivity index (χ4v) is 3.68. The Morgan fingerprint density at radius 3 is 2.32 bits per heavy atom. The quantitative estimate of drug-likeness (QED) is 0.740. The molecular weight excluding hydrogens is 375 g/mol. The molecule has 6 nitrogen and oxygen atoms in total. The number of alkyl halides is 3. The van der Waals surface area contributed by atoms with E-state index in [1.807, 2.05) is 13.8 Å². The molecule has 25 heavy (non-hydrogen) atoms. The maximum Gasteiger partial charge on any atom is 0.446 e. The highest BCUT2D eigenvalue weighted by Gasteiger charge is 2.32. The van der Waals surface area contributed by atoms with Crippen LogP contribution in [0, 0.1) is 0 Å². The van der Waals surface area contributed by atoms with Gasteiger partial charge >= 0.3 is 5.51 Å². The van der Waals surface area contributed by atoms with Crippen LogP contribution in [0.2, 0.25) is 0 Å². The van der Waals surface area contributed by atoms with Crippen molar-refractivity contribution in [3.63, 3.8) is 0 Å². The highest BCUT2D eigenvalue weighted by Crippen LogP contribution is 2.45. The lowest BCUT2D eigenvalue weighted by molar-refractivity contribution is -0.0329. The summed E-state index contributed by atoms with van der Waals surface area (Å²) in [6, 6.07) is 1.39. The Bertz CT molecular complexity index is 771. The summed E-state index contributed by atoms with van der Waals surface area (Å²) >= 11 is 0.853. The van der Waals surface area contributed by atoms with Crippen molar-refractivity contribution in [3.05, 3.63) is 18.0 Å². The first kappa shape index (κ1) is 19.4. The maximum absolute atomic E-state index is 12.8. The molecule has 2 rings (SSSR count). The molecule has 0 radical (unpaired) electrons. The molecule has 0 bridgehead atoms. The Hall–Kier alpha value is -1.88. The first-order valence-corrected chi connectivity index (χ1v) is 8.64. The number of anilines is 2. The number of methoxy groups -OCH3 is 1. The minimum Gasteiger partial charge on any atom is -0.480 e. The van der Waals surface area contributed by atoms with Crippen molar-refractivity contribution < 1.29 is 17.9 Å². The minimum atomic E-state index is -4.46. The number of aromatic nitrogens is 3. The average Bonchev–Trinajstić information content (AvgIpc) is 2.48. The zero-order valence-electron chi connectivity index (χ0n) is 13.6. The molecule has 0 amide bonds. The third kappa shape index (κ3) is 5.05. The van der Waals surface area contributed by atoms with E-state index in [0.717, 1.165) is 11.8 Å². The van der Waals surface area contributed by atoms with Gasteiger partial charge in [0.2, 0.25) is 11.8 Å². The van der Waals surface area contributed by atoms with Crippen molar-refractivity contribution in [2.24, 2.45) is 0 Å². The smallest absolute Gasteiger partial charge is 0.446 e. The van der Waals surface area contributed by atoms with Gasteiger partial charge in [-0.3, -0.25) is 0 Å². The van der Waals surface area contributed by atoms with Crippen LogP contribution in [-0.2, 0) is 0 Å². The molecule has 4 N–H and O–H groups in total. The molecule has 2 aromatic rings. The molecule has 0 unspecified atom stereocenters. The molecule has 0 saturated heterocycles. The van der Waals surface area contributed by atoms with E-state index >= 15 is 0 Å². The number of nitrogen functional groups attached to an aromatic ring is 2. The van der Waals surface area contributed by atoms with Crippen LogP contribution >= 0.6 is 23.5 Å². The summed E-state index contributed by atoms with van der Waals surface area (Å²) in [5.41, 5.74) is 7.40. The lowest BCUT2D eigenvalue weighted by atomic mass is 10.1. The van der Waals surface area contributed by atoms with Gasteiger partial charge < -0.3 is 16.2 Å². The Labute approximate surface area is 151 Å². The first-order chi connectivity index (χ1) is 11.6. The maximum atomic E-state index is 12.8. The Kier molecular flexibility index (Phi) is 5.88. The SMILES string of the molecule is COc1nc(C(C)C)c(Sc2cnc(N)nc2N)cc1SC(F)(F)F. The van der Waals surface area contributed by atoms with Crippen LogP contribution in [0.4, 0.5) is 24.9 Å².